The highest BCUT2D eigenvalue weighted by molar-refractivity contribution is 7.96. The van der Waals surface area contributed by atoms with Crippen molar-refractivity contribution in [2.75, 3.05) is 25.9 Å². The van der Waals surface area contributed by atoms with Crippen LogP contribution in [0.4, 0.5) is 0 Å². The molecule has 1 N–H and O–H groups in total. The fourth-order valence-electron chi connectivity index (χ4n) is 1.98. The van der Waals surface area contributed by atoms with E-state index in [1.54, 1.807) is 11.9 Å². The molecule has 2 nitrogen and oxygen atoms in total. The molecule has 1 aliphatic rings. The number of nitrogens with zero attached hydrogens (tertiary/aromatic N) is 1. The molecule has 0 aromatic carbocycles. The van der Waals surface area contributed by atoms with Gasteiger partial charge >= 0.3 is 0 Å². The predicted octanol–water partition coefficient (Wildman–Crippen LogP) is 2.12. The Labute approximate surface area is 86.6 Å². The summed E-state index contributed by atoms with van der Waals surface area (Å²) in [5, 5.41) is 0. The molecule has 1 atom stereocenters. The molecule has 0 aliphatic carbocycles. The Morgan fingerprint density at radius 2 is 2.23 bits per heavy atom. The first kappa shape index (κ1) is 11.3. The van der Waals surface area contributed by atoms with Gasteiger partial charge in [0.2, 0.25) is 0 Å². The summed E-state index contributed by atoms with van der Waals surface area (Å²) in [5.74, 6) is 0. The minimum Gasteiger partial charge on any atom is -0.303 e. The first-order valence-electron chi connectivity index (χ1n) is 5.37. The third-order valence-corrected chi connectivity index (χ3v) is 3.21. The van der Waals surface area contributed by atoms with Crippen molar-refractivity contribution in [3.63, 3.8) is 0 Å². The van der Waals surface area contributed by atoms with E-state index in [1.807, 2.05) is 0 Å². The largest absolute Gasteiger partial charge is 0.303 e. The average molecular weight is 202 g/mol. The number of rotatable bonds is 4. The molecule has 1 rings (SSSR count). The Morgan fingerprint density at radius 3 is 2.92 bits per heavy atom. The number of nitrogens with one attached hydrogen (secondary N) is 1. The van der Waals surface area contributed by atoms with Gasteiger partial charge in [0.15, 0.2) is 0 Å². The molecule has 0 aromatic heterocycles. The van der Waals surface area contributed by atoms with E-state index in [0.717, 1.165) is 6.04 Å². The van der Waals surface area contributed by atoms with Gasteiger partial charge in [-0.05, 0) is 51.6 Å². The highest BCUT2D eigenvalue weighted by atomic mass is 32.2. The maximum atomic E-state index is 3.48. The molecule has 0 aromatic rings. The lowest BCUT2D eigenvalue weighted by molar-refractivity contribution is 0.284. The van der Waals surface area contributed by atoms with Crippen molar-refractivity contribution in [3.8, 4) is 0 Å². The van der Waals surface area contributed by atoms with E-state index in [-0.39, 0.29) is 0 Å². The maximum absolute atomic E-state index is 3.48. The van der Waals surface area contributed by atoms with Gasteiger partial charge in [0.05, 0.1) is 0 Å². The Hall–Kier alpha value is 0.270. The third kappa shape index (κ3) is 4.34. The Morgan fingerprint density at radius 1 is 1.38 bits per heavy atom. The van der Waals surface area contributed by atoms with E-state index >= 15 is 0 Å². The Bertz CT molecular complexity index is 116. The molecule has 1 heterocycles. The number of hydrogen-bond donors (Lipinski definition) is 1. The third-order valence-electron chi connectivity index (χ3n) is 2.65. The molecule has 3 heteroatoms. The summed E-state index contributed by atoms with van der Waals surface area (Å²) >= 11 is 1.76. The van der Waals surface area contributed by atoms with Crippen LogP contribution in [0.25, 0.3) is 0 Å². The smallest absolute Gasteiger partial charge is 0.0184 e. The fraction of sp³-hybridized carbons (Fsp3) is 1.00. The van der Waals surface area contributed by atoms with Crippen LogP contribution in [0.15, 0.2) is 0 Å². The summed E-state index contributed by atoms with van der Waals surface area (Å²) < 4.78 is 3.48. The summed E-state index contributed by atoms with van der Waals surface area (Å²) in [6, 6.07) is 0.747. The number of likely N-dealkylation sites (tertiary alicyclic amines) is 1. The van der Waals surface area contributed by atoms with Crippen molar-refractivity contribution in [1.82, 2.24) is 9.62 Å². The Balaban J connectivity index is 2.22. The van der Waals surface area contributed by atoms with Gasteiger partial charge in [0.1, 0.15) is 0 Å². The van der Waals surface area contributed by atoms with Crippen LogP contribution in [-0.4, -0.2) is 36.8 Å². The molecule has 1 aliphatic heterocycles. The summed E-state index contributed by atoms with van der Waals surface area (Å²) in [5.41, 5.74) is 0. The molecule has 0 bridgehead atoms. The van der Waals surface area contributed by atoms with Gasteiger partial charge in [0, 0.05) is 6.04 Å². The summed E-state index contributed by atoms with van der Waals surface area (Å²) in [6.45, 7) is 6.14. The second kappa shape index (κ2) is 6.68. The highest BCUT2D eigenvalue weighted by Gasteiger charge is 2.15. The van der Waals surface area contributed by atoms with E-state index < -0.39 is 0 Å². The van der Waals surface area contributed by atoms with Crippen molar-refractivity contribution in [2.45, 2.75) is 38.6 Å². The minimum atomic E-state index is 0.747. The minimum absolute atomic E-state index is 0.747. The first-order valence-corrected chi connectivity index (χ1v) is 6.60. The maximum Gasteiger partial charge on any atom is 0.0184 e. The standard InChI is InChI=1S/C10H22N2S/c1-3-7-12-8-4-5-10(6-9-12)11-13-2/h10-11H,3-9H2,1-2H3. The number of hydrogen-bond acceptors (Lipinski definition) is 3. The fourth-order valence-corrected chi connectivity index (χ4v) is 2.55. The van der Waals surface area contributed by atoms with Crippen LogP contribution in [0.2, 0.25) is 0 Å². The molecular formula is C10H22N2S. The lowest BCUT2D eigenvalue weighted by Crippen LogP contribution is -2.28. The van der Waals surface area contributed by atoms with Crippen LogP contribution in [0.1, 0.15) is 32.6 Å². The lowest BCUT2D eigenvalue weighted by Gasteiger charge is -2.18. The van der Waals surface area contributed by atoms with Crippen LogP contribution >= 0.6 is 11.9 Å². The lowest BCUT2D eigenvalue weighted by atomic mass is 10.1. The van der Waals surface area contributed by atoms with Gasteiger partial charge in [-0.3, -0.25) is 4.72 Å². The van der Waals surface area contributed by atoms with E-state index in [1.165, 1.54) is 45.3 Å². The predicted molar refractivity (Wildman–Crippen MR) is 61.0 cm³/mol. The van der Waals surface area contributed by atoms with Crippen LogP contribution in [-0.2, 0) is 0 Å². The van der Waals surface area contributed by atoms with E-state index in [9.17, 15) is 0 Å². The van der Waals surface area contributed by atoms with Crippen LogP contribution < -0.4 is 4.72 Å². The summed E-state index contributed by atoms with van der Waals surface area (Å²) in [7, 11) is 0. The zero-order chi connectivity index (χ0) is 9.52. The van der Waals surface area contributed by atoms with Gasteiger partial charge in [-0.25, -0.2) is 0 Å². The van der Waals surface area contributed by atoms with Crippen LogP contribution in [0.5, 0.6) is 0 Å². The monoisotopic (exact) mass is 202 g/mol. The van der Waals surface area contributed by atoms with Crippen molar-refractivity contribution in [3.05, 3.63) is 0 Å². The van der Waals surface area contributed by atoms with E-state index in [2.05, 4.69) is 22.8 Å². The molecular weight excluding hydrogens is 180 g/mol. The van der Waals surface area contributed by atoms with Crippen LogP contribution in [0.3, 0.4) is 0 Å². The second-order valence-electron chi connectivity index (χ2n) is 3.79. The zero-order valence-corrected chi connectivity index (χ0v) is 9.70. The first-order chi connectivity index (χ1) is 6.36. The van der Waals surface area contributed by atoms with Gasteiger partial charge in [-0.2, -0.15) is 0 Å². The molecule has 0 amide bonds. The molecule has 1 unspecified atom stereocenters. The second-order valence-corrected chi connectivity index (χ2v) is 4.44. The van der Waals surface area contributed by atoms with E-state index in [0.29, 0.717) is 0 Å². The SMILES string of the molecule is CCCN1CCCC(NSC)CC1. The van der Waals surface area contributed by atoms with Gasteiger partial charge < -0.3 is 4.90 Å². The molecule has 0 radical (unpaired) electrons. The van der Waals surface area contributed by atoms with Crippen molar-refractivity contribution >= 4 is 11.9 Å². The topological polar surface area (TPSA) is 15.3 Å². The average Bonchev–Trinajstić information content (AvgIpc) is 2.33. The van der Waals surface area contributed by atoms with Crippen molar-refractivity contribution < 1.29 is 0 Å². The zero-order valence-electron chi connectivity index (χ0n) is 8.88. The van der Waals surface area contributed by atoms with Gasteiger partial charge in [0.25, 0.3) is 0 Å². The Kier molecular flexibility index (Phi) is 5.83. The van der Waals surface area contributed by atoms with Crippen molar-refractivity contribution in [2.24, 2.45) is 0 Å². The molecule has 1 saturated heterocycles. The molecule has 78 valence electrons. The van der Waals surface area contributed by atoms with Gasteiger partial charge in [-0.1, -0.05) is 18.9 Å². The van der Waals surface area contributed by atoms with Crippen molar-refractivity contribution in [1.29, 1.82) is 0 Å². The van der Waals surface area contributed by atoms with Crippen LogP contribution in [0, 0.1) is 0 Å². The summed E-state index contributed by atoms with van der Waals surface area (Å²) in [4.78, 5) is 2.60. The quantitative estimate of drug-likeness (QED) is 0.703. The summed E-state index contributed by atoms with van der Waals surface area (Å²) in [6.07, 6.45) is 7.44. The highest BCUT2D eigenvalue weighted by Crippen LogP contribution is 2.12. The van der Waals surface area contributed by atoms with E-state index in [4.69, 9.17) is 0 Å². The molecule has 0 saturated carbocycles. The molecule has 1 fully saturated rings. The molecule has 0 spiro atoms. The normalized spacial score (nSPS) is 25.8. The molecule has 13 heavy (non-hydrogen) atoms. The van der Waals surface area contributed by atoms with Gasteiger partial charge in [-0.15, -0.1) is 0 Å².